The van der Waals surface area contributed by atoms with Crippen LogP contribution in [0.2, 0.25) is 0 Å². The van der Waals surface area contributed by atoms with Gasteiger partial charge in [0.05, 0.1) is 0 Å². The summed E-state index contributed by atoms with van der Waals surface area (Å²) in [5.41, 5.74) is 1.12. The number of halogens is 2. The Bertz CT molecular complexity index is 607. The highest BCUT2D eigenvalue weighted by molar-refractivity contribution is 9.10. The Balaban J connectivity index is 1.52. The molecule has 1 N–H and O–H groups in total. The van der Waals surface area contributed by atoms with E-state index in [2.05, 4.69) is 29.4 Å². The highest BCUT2D eigenvalue weighted by atomic mass is 79.9. The lowest BCUT2D eigenvalue weighted by Crippen LogP contribution is -2.27. The van der Waals surface area contributed by atoms with E-state index in [1.807, 2.05) is 0 Å². The molecule has 0 aromatic heterocycles. The van der Waals surface area contributed by atoms with E-state index in [0.29, 0.717) is 16.0 Å². The van der Waals surface area contributed by atoms with E-state index in [1.165, 1.54) is 57.4 Å². The zero-order chi connectivity index (χ0) is 19.4. The third-order valence-electron chi connectivity index (χ3n) is 7.18. The van der Waals surface area contributed by atoms with Crippen molar-refractivity contribution in [3.8, 4) is 0 Å². The molecule has 0 heterocycles. The van der Waals surface area contributed by atoms with Crippen molar-refractivity contribution >= 4 is 15.9 Å². The minimum absolute atomic E-state index is 0.305. The lowest BCUT2D eigenvalue weighted by molar-refractivity contribution is 0.136. The van der Waals surface area contributed by atoms with Crippen molar-refractivity contribution in [2.24, 2.45) is 23.7 Å². The third kappa shape index (κ3) is 5.03. The second-order valence-corrected chi connectivity index (χ2v) is 9.65. The Morgan fingerprint density at radius 3 is 2.26 bits per heavy atom. The van der Waals surface area contributed by atoms with Crippen LogP contribution in [-0.4, -0.2) is 5.11 Å². The zero-order valence-corrected chi connectivity index (χ0v) is 18.2. The molecule has 0 radical (unpaired) electrons. The summed E-state index contributed by atoms with van der Waals surface area (Å²) in [4.78, 5) is 0. The molecule has 1 unspecified atom stereocenters. The molecular weight excluding hydrogens is 403 g/mol. The number of rotatable bonds is 6. The monoisotopic (exact) mass is 436 g/mol. The van der Waals surface area contributed by atoms with E-state index in [0.717, 1.165) is 36.2 Å². The van der Waals surface area contributed by atoms with Crippen LogP contribution in [0.4, 0.5) is 4.39 Å². The van der Waals surface area contributed by atoms with Gasteiger partial charge in [0.15, 0.2) is 0 Å². The summed E-state index contributed by atoms with van der Waals surface area (Å²) in [6.45, 7) is 6.47. The standard InChI is InChI=1S/C24H34BrFO/c1-3-5-17-8-10-19(11-9-17)20-14-12-18(13-15-20)16(2)24(27)23-21(25)6-4-7-22(23)26/h4,6-7,17-20,24,27H,2-3,5,8-15H2,1H3. The molecule has 27 heavy (non-hydrogen) atoms. The predicted octanol–water partition coefficient (Wildman–Crippen LogP) is 7.59. The fourth-order valence-corrected chi connectivity index (χ4v) is 6.06. The van der Waals surface area contributed by atoms with Gasteiger partial charge in [-0.15, -0.1) is 0 Å². The second kappa shape index (κ2) is 9.69. The number of hydrogen-bond acceptors (Lipinski definition) is 1. The van der Waals surface area contributed by atoms with E-state index in [-0.39, 0.29) is 5.82 Å². The molecule has 150 valence electrons. The summed E-state index contributed by atoms with van der Waals surface area (Å²) in [7, 11) is 0. The van der Waals surface area contributed by atoms with Crippen LogP contribution < -0.4 is 0 Å². The fourth-order valence-electron chi connectivity index (χ4n) is 5.50. The highest BCUT2D eigenvalue weighted by Gasteiger charge is 2.33. The van der Waals surface area contributed by atoms with Gasteiger partial charge in [-0.05, 0) is 79.9 Å². The Morgan fingerprint density at radius 1 is 1.11 bits per heavy atom. The van der Waals surface area contributed by atoms with Gasteiger partial charge in [-0.2, -0.15) is 0 Å². The SMILES string of the molecule is C=C(C1CCC(C2CCC(CCC)CC2)CC1)C(O)c1c(F)cccc1Br. The van der Waals surface area contributed by atoms with E-state index in [4.69, 9.17) is 0 Å². The summed E-state index contributed by atoms with van der Waals surface area (Å²) in [5.74, 6) is 2.65. The van der Waals surface area contributed by atoms with Gasteiger partial charge in [0.1, 0.15) is 11.9 Å². The molecule has 1 aromatic rings. The summed E-state index contributed by atoms with van der Waals surface area (Å²) in [6, 6.07) is 4.84. The first kappa shape index (κ1) is 21.0. The topological polar surface area (TPSA) is 20.2 Å². The minimum Gasteiger partial charge on any atom is -0.384 e. The van der Waals surface area contributed by atoms with Crippen LogP contribution in [0, 0.1) is 29.5 Å². The molecule has 1 aromatic carbocycles. The zero-order valence-electron chi connectivity index (χ0n) is 16.6. The molecular formula is C24H34BrFO. The first-order chi connectivity index (χ1) is 13.0. The lowest BCUT2D eigenvalue weighted by Gasteiger charge is -2.39. The van der Waals surface area contributed by atoms with Gasteiger partial charge in [-0.1, -0.05) is 61.2 Å². The van der Waals surface area contributed by atoms with E-state index >= 15 is 0 Å². The molecule has 1 nitrogen and oxygen atoms in total. The van der Waals surface area contributed by atoms with Gasteiger partial charge >= 0.3 is 0 Å². The maximum absolute atomic E-state index is 14.2. The number of benzene rings is 1. The quantitative estimate of drug-likeness (QED) is 0.455. The Labute approximate surface area is 172 Å². The molecule has 0 bridgehead atoms. The lowest BCUT2D eigenvalue weighted by atomic mass is 9.67. The Kier molecular flexibility index (Phi) is 7.56. The Hall–Kier alpha value is -0.670. The average Bonchev–Trinajstić information content (AvgIpc) is 2.68. The van der Waals surface area contributed by atoms with E-state index < -0.39 is 6.10 Å². The summed E-state index contributed by atoms with van der Waals surface area (Å²) < 4.78 is 14.8. The van der Waals surface area contributed by atoms with Gasteiger partial charge in [-0.25, -0.2) is 4.39 Å². The average molecular weight is 437 g/mol. The number of aliphatic hydroxyl groups excluding tert-OH is 1. The van der Waals surface area contributed by atoms with Gasteiger partial charge in [-0.3, -0.25) is 0 Å². The first-order valence-electron chi connectivity index (χ1n) is 10.8. The van der Waals surface area contributed by atoms with Crippen molar-refractivity contribution in [2.75, 3.05) is 0 Å². The van der Waals surface area contributed by atoms with Gasteiger partial charge in [0.25, 0.3) is 0 Å². The molecule has 0 amide bonds. The van der Waals surface area contributed by atoms with E-state index in [1.54, 1.807) is 12.1 Å². The molecule has 2 aliphatic carbocycles. The van der Waals surface area contributed by atoms with Crippen LogP contribution in [0.15, 0.2) is 34.8 Å². The van der Waals surface area contributed by atoms with Gasteiger partial charge in [0, 0.05) is 10.0 Å². The Morgan fingerprint density at radius 2 is 1.70 bits per heavy atom. The molecule has 0 saturated heterocycles. The second-order valence-electron chi connectivity index (χ2n) is 8.79. The fraction of sp³-hybridized carbons (Fsp3) is 0.667. The van der Waals surface area contributed by atoms with Crippen LogP contribution in [0.5, 0.6) is 0 Å². The molecule has 1 atom stereocenters. The smallest absolute Gasteiger partial charge is 0.130 e. The third-order valence-corrected chi connectivity index (χ3v) is 7.87. The molecule has 0 spiro atoms. The van der Waals surface area contributed by atoms with Crippen LogP contribution in [0.1, 0.15) is 82.8 Å². The molecule has 2 aliphatic rings. The van der Waals surface area contributed by atoms with Crippen molar-refractivity contribution in [2.45, 2.75) is 77.2 Å². The van der Waals surface area contributed by atoms with E-state index in [9.17, 15) is 9.50 Å². The maximum atomic E-state index is 14.2. The van der Waals surface area contributed by atoms with Crippen LogP contribution in [0.3, 0.4) is 0 Å². The molecule has 3 rings (SSSR count). The number of aliphatic hydroxyl groups is 1. The molecule has 2 fully saturated rings. The molecule has 0 aliphatic heterocycles. The summed E-state index contributed by atoms with van der Waals surface area (Å²) >= 11 is 3.38. The minimum atomic E-state index is -0.924. The highest BCUT2D eigenvalue weighted by Crippen LogP contribution is 2.45. The first-order valence-corrected chi connectivity index (χ1v) is 11.6. The normalized spacial score (nSPS) is 30.1. The molecule has 2 saturated carbocycles. The van der Waals surface area contributed by atoms with Crippen LogP contribution in [0.25, 0.3) is 0 Å². The van der Waals surface area contributed by atoms with Crippen molar-refractivity contribution in [3.63, 3.8) is 0 Å². The van der Waals surface area contributed by atoms with Crippen molar-refractivity contribution < 1.29 is 9.50 Å². The maximum Gasteiger partial charge on any atom is 0.130 e. The van der Waals surface area contributed by atoms with Crippen molar-refractivity contribution in [1.82, 2.24) is 0 Å². The molecule has 3 heteroatoms. The summed E-state index contributed by atoms with van der Waals surface area (Å²) in [5, 5.41) is 10.7. The largest absolute Gasteiger partial charge is 0.384 e. The number of hydrogen-bond donors (Lipinski definition) is 1. The van der Waals surface area contributed by atoms with Gasteiger partial charge in [0.2, 0.25) is 0 Å². The van der Waals surface area contributed by atoms with Gasteiger partial charge < -0.3 is 5.11 Å². The predicted molar refractivity (Wildman–Crippen MR) is 114 cm³/mol. The van der Waals surface area contributed by atoms with Crippen LogP contribution in [-0.2, 0) is 0 Å². The summed E-state index contributed by atoms with van der Waals surface area (Å²) in [6.07, 6.45) is 12.1. The van der Waals surface area contributed by atoms with Crippen molar-refractivity contribution in [1.29, 1.82) is 0 Å². The van der Waals surface area contributed by atoms with Crippen LogP contribution >= 0.6 is 15.9 Å². The van der Waals surface area contributed by atoms with Crippen molar-refractivity contribution in [3.05, 3.63) is 46.2 Å².